The molecule has 2 heterocycles. The summed E-state index contributed by atoms with van der Waals surface area (Å²) in [6.07, 6.45) is 3.28. The van der Waals surface area contributed by atoms with Crippen molar-refractivity contribution in [2.45, 2.75) is 25.3 Å². The molecule has 0 spiro atoms. The molecule has 0 saturated heterocycles. The lowest BCUT2D eigenvalue weighted by molar-refractivity contribution is 0.465. The van der Waals surface area contributed by atoms with Crippen molar-refractivity contribution in [2.75, 3.05) is 7.05 Å². The lowest BCUT2D eigenvalue weighted by atomic mass is 10.4. The van der Waals surface area contributed by atoms with Gasteiger partial charge in [-0.05, 0) is 13.8 Å². The number of hydrogen-bond donors (Lipinski definition) is 1. The second-order valence-electron chi connectivity index (χ2n) is 4.49. The second-order valence-corrected chi connectivity index (χ2v) is 6.47. The van der Waals surface area contributed by atoms with Crippen LogP contribution in [0, 0.1) is 13.8 Å². The molecule has 0 aliphatic heterocycles. The van der Waals surface area contributed by atoms with Gasteiger partial charge in [-0.25, -0.2) is 8.42 Å². The minimum absolute atomic E-state index is 0.270. The molecule has 8 heteroatoms. The maximum atomic E-state index is 12.6. The van der Waals surface area contributed by atoms with Gasteiger partial charge in [0.25, 0.3) is 0 Å². The van der Waals surface area contributed by atoms with Crippen molar-refractivity contribution >= 4 is 10.0 Å². The summed E-state index contributed by atoms with van der Waals surface area (Å²) in [5.74, 6) is 0. The molecule has 0 atom stereocenters. The molecule has 0 aliphatic carbocycles. The molecule has 0 bridgehead atoms. The van der Waals surface area contributed by atoms with E-state index in [9.17, 15) is 8.42 Å². The third-order valence-corrected chi connectivity index (χ3v) is 5.13. The highest BCUT2D eigenvalue weighted by Crippen LogP contribution is 2.23. The predicted octanol–water partition coefficient (Wildman–Crippen LogP) is 0.581. The first-order chi connectivity index (χ1) is 8.84. The molecule has 2 aromatic rings. The molecule has 0 fully saturated rings. The fourth-order valence-electron chi connectivity index (χ4n) is 1.99. The Hall–Kier alpha value is -1.67. The van der Waals surface area contributed by atoms with Crippen molar-refractivity contribution in [1.82, 2.24) is 24.3 Å². The number of aromatic amines is 1. The van der Waals surface area contributed by atoms with Gasteiger partial charge in [0.1, 0.15) is 4.90 Å². The molecule has 0 radical (unpaired) electrons. The molecule has 2 rings (SSSR count). The van der Waals surface area contributed by atoms with Crippen LogP contribution in [0.1, 0.15) is 17.0 Å². The maximum absolute atomic E-state index is 12.6. The quantitative estimate of drug-likeness (QED) is 0.889. The van der Waals surface area contributed by atoms with Gasteiger partial charge in [-0.2, -0.15) is 14.5 Å². The van der Waals surface area contributed by atoms with E-state index in [1.54, 1.807) is 45.0 Å². The van der Waals surface area contributed by atoms with E-state index in [2.05, 4.69) is 15.3 Å². The normalized spacial score (nSPS) is 12.3. The Bertz CT molecular complexity index is 672. The van der Waals surface area contributed by atoms with Crippen molar-refractivity contribution in [3.8, 4) is 0 Å². The summed E-state index contributed by atoms with van der Waals surface area (Å²) in [7, 11) is -0.264. The molecular weight excluding hydrogens is 266 g/mol. The topological polar surface area (TPSA) is 83.9 Å². The van der Waals surface area contributed by atoms with Gasteiger partial charge in [0.15, 0.2) is 0 Å². The molecule has 19 heavy (non-hydrogen) atoms. The molecule has 0 saturated carbocycles. The number of aryl methyl sites for hydroxylation is 2. The van der Waals surface area contributed by atoms with Crippen LogP contribution in [0.4, 0.5) is 0 Å². The fraction of sp³-hybridized carbons (Fsp3) is 0.455. The van der Waals surface area contributed by atoms with E-state index in [0.717, 1.165) is 5.56 Å². The number of rotatable bonds is 4. The summed E-state index contributed by atoms with van der Waals surface area (Å²) >= 11 is 0. The number of aromatic nitrogens is 4. The molecule has 0 amide bonds. The zero-order valence-corrected chi connectivity index (χ0v) is 12.2. The maximum Gasteiger partial charge on any atom is 0.246 e. The third kappa shape index (κ3) is 2.41. The van der Waals surface area contributed by atoms with E-state index in [0.29, 0.717) is 11.4 Å². The molecule has 0 unspecified atom stereocenters. The molecule has 0 aromatic carbocycles. The largest absolute Gasteiger partial charge is 0.285 e. The Morgan fingerprint density at radius 1 is 1.42 bits per heavy atom. The van der Waals surface area contributed by atoms with Crippen molar-refractivity contribution in [3.05, 3.63) is 29.3 Å². The first-order valence-electron chi connectivity index (χ1n) is 5.78. The third-order valence-electron chi connectivity index (χ3n) is 3.07. The number of nitrogens with one attached hydrogen (secondary N) is 1. The molecule has 104 valence electrons. The first kappa shape index (κ1) is 13.8. The number of sulfonamides is 1. The van der Waals surface area contributed by atoms with E-state index in [1.807, 2.05) is 0 Å². The van der Waals surface area contributed by atoms with E-state index >= 15 is 0 Å². The van der Waals surface area contributed by atoms with Crippen LogP contribution in [0.25, 0.3) is 0 Å². The Labute approximate surface area is 112 Å². The van der Waals surface area contributed by atoms with Gasteiger partial charge in [0.2, 0.25) is 10.0 Å². The van der Waals surface area contributed by atoms with Crippen LogP contribution in [0.15, 0.2) is 17.3 Å². The number of nitrogens with zero attached hydrogens (tertiary/aromatic N) is 4. The Balaban J connectivity index is 2.36. The lowest BCUT2D eigenvalue weighted by Crippen LogP contribution is -2.27. The molecule has 0 aliphatic rings. The summed E-state index contributed by atoms with van der Waals surface area (Å²) in [5.41, 5.74) is 1.96. The van der Waals surface area contributed by atoms with Crippen LogP contribution in [0.2, 0.25) is 0 Å². The van der Waals surface area contributed by atoms with Crippen LogP contribution >= 0.6 is 0 Å². The SMILES string of the molecule is Cc1nn(C)c(C)c1S(=O)(=O)N(C)Cc1cn[nH]c1. The smallest absolute Gasteiger partial charge is 0.246 e. The molecule has 2 aromatic heterocycles. The second kappa shape index (κ2) is 4.78. The van der Waals surface area contributed by atoms with E-state index in [1.165, 1.54) is 4.31 Å². The van der Waals surface area contributed by atoms with Gasteiger partial charge in [-0.3, -0.25) is 9.78 Å². The monoisotopic (exact) mass is 283 g/mol. The molecule has 7 nitrogen and oxygen atoms in total. The van der Waals surface area contributed by atoms with E-state index in [-0.39, 0.29) is 11.4 Å². The fourth-order valence-corrected chi connectivity index (χ4v) is 3.54. The average molecular weight is 283 g/mol. The van der Waals surface area contributed by atoms with E-state index < -0.39 is 10.0 Å². The highest BCUT2D eigenvalue weighted by molar-refractivity contribution is 7.89. The zero-order chi connectivity index (χ0) is 14.2. The summed E-state index contributed by atoms with van der Waals surface area (Å²) in [6, 6.07) is 0. The van der Waals surface area contributed by atoms with Crippen LogP contribution in [0.5, 0.6) is 0 Å². The predicted molar refractivity (Wildman–Crippen MR) is 69.9 cm³/mol. The van der Waals surface area contributed by atoms with E-state index in [4.69, 9.17) is 0 Å². The molecule has 1 N–H and O–H groups in total. The van der Waals surface area contributed by atoms with Crippen LogP contribution in [-0.2, 0) is 23.6 Å². The van der Waals surface area contributed by atoms with Crippen LogP contribution in [-0.4, -0.2) is 39.7 Å². The Morgan fingerprint density at radius 3 is 2.58 bits per heavy atom. The standard InChI is InChI=1S/C11H17N5O2S/c1-8-11(9(2)16(4)14-8)19(17,18)15(3)7-10-5-12-13-6-10/h5-6H,7H2,1-4H3,(H,12,13). The summed E-state index contributed by atoms with van der Waals surface area (Å²) in [6.45, 7) is 3.72. The Morgan fingerprint density at radius 2 is 2.11 bits per heavy atom. The Kier molecular flexibility index (Phi) is 3.46. The van der Waals surface area contributed by atoms with Crippen LogP contribution < -0.4 is 0 Å². The van der Waals surface area contributed by atoms with Crippen molar-refractivity contribution < 1.29 is 8.42 Å². The van der Waals surface area contributed by atoms with Gasteiger partial charge in [0.05, 0.1) is 17.6 Å². The molecular formula is C11H17N5O2S. The zero-order valence-electron chi connectivity index (χ0n) is 11.4. The summed E-state index contributed by atoms with van der Waals surface area (Å²) in [5, 5.41) is 10.6. The highest BCUT2D eigenvalue weighted by Gasteiger charge is 2.28. The van der Waals surface area contributed by atoms with Gasteiger partial charge >= 0.3 is 0 Å². The minimum Gasteiger partial charge on any atom is -0.285 e. The highest BCUT2D eigenvalue weighted by atomic mass is 32.2. The van der Waals surface area contributed by atoms with Gasteiger partial charge in [0, 0.05) is 32.4 Å². The first-order valence-corrected chi connectivity index (χ1v) is 7.22. The van der Waals surface area contributed by atoms with Gasteiger partial charge in [-0.1, -0.05) is 0 Å². The lowest BCUT2D eigenvalue weighted by Gasteiger charge is -2.16. The summed E-state index contributed by atoms with van der Waals surface area (Å²) in [4.78, 5) is 0.279. The van der Waals surface area contributed by atoms with Crippen molar-refractivity contribution in [1.29, 1.82) is 0 Å². The average Bonchev–Trinajstić information content (AvgIpc) is 2.88. The number of H-pyrrole nitrogens is 1. The van der Waals surface area contributed by atoms with Crippen LogP contribution in [0.3, 0.4) is 0 Å². The number of hydrogen-bond acceptors (Lipinski definition) is 4. The van der Waals surface area contributed by atoms with Gasteiger partial charge in [-0.15, -0.1) is 0 Å². The minimum atomic E-state index is -3.55. The van der Waals surface area contributed by atoms with Crippen molar-refractivity contribution in [3.63, 3.8) is 0 Å². The van der Waals surface area contributed by atoms with Gasteiger partial charge < -0.3 is 0 Å². The van der Waals surface area contributed by atoms with Crippen molar-refractivity contribution in [2.24, 2.45) is 7.05 Å². The summed E-state index contributed by atoms with van der Waals surface area (Å²) < 4.78 is 28.0.